The number of carbonyl (C=O) groups is 2. The van der Waals surface area contributed by atoms with Gasteiger partial charge in [0.2, 0.25) is 0 Å². The number of hydrogen-bond acceptors (Lipinski definition) is 8. The van der Waals surface area contributed by atoms with E-state index in [2.05, 4.69) is 20.8 Å². The van der Waals surface area contributed by atoms with Crippen LogP contribution < -0.4 is 0 Å². The third-order valence-electron chi connectivity index (χ3n) is 4.36. The van der Waals surface area contributed by atoms with E-state index in [1.54, 1.807) is 0 Å². The van der Waals surface area contributed by atoms with Gasteiger partial charge in [-0.2, -0.15) is 43.9 Å². The molecule has 1 unspecified atom stereocenters. The van der Waals surface area contributed by atoms with Crippen molar-refractivity contribution >= 4 is 22.1 Å². The van der Waals surface area contributed by atoms with Crippen LogP contribution in [0.2, 0.25) is 0 Å². The zero-order valence-corrected chi connectivity index (χ0v) is 19.2. The van der Waals surface area contributed by atoms with Crippen molar-refractivity contribution in [2.45, 2.75) is 48.8 Å². The number of ether oxygens (including phenoxy) is 3. The Balaban J connectivity index is 3.28. The molecule has 0 spiro atoms. The van der Waals surface area contributed by atoms with E-state index in [-0.39, 0.29) is 5.56 Å². The number of halogens is 10. The molecule has 0 radical (unpaired) electrons. The monoisotopic (exact) mass is 593 g/mol. The Hall–Kier alpha value is -2.93. The molecule has 1 aromatic carbocycles. The summed E-state index contributed by atoms with van der Waals surface area (Å²) in [6.45, 7) is -0.694. The summed E-state index contributed by atoms with van der Waals surface area (Å²) in [6.07, 6.45) is -15.9. The normalized spacial score (nSPS) is 14.9. The lowest BCUT2D eigenvalue weighted by Crippen LogP contribution is -2.58. The van der Waals surface area contributed by atoms with Crippen molar-refractivity contribution in [1.29, 1.82) is 0 Å². The predicted molar refractivity (Wildman–Crippen MR) is 101 cm³/mol. The zero-order valence-electron chi connectivity index (χ0n) is 18.4. The van der Waals surface area contributed by atoms with Crippen LogP contribution in [0.15, 0.2) is 42.5 Å². The van der Waals surface area contributed by atoms with Crippen LogP contribution in [-0.2, 0) is 40.5 Å². The summed E-state index contributed by atoms with van der Waals surface area (Å²) in [6, 6.07) is 6.54. The van der Waals surface area contributed by atoms with Gasteiger partial charge < -0.3 is 18.8 Å². The summed E-state index contributed by atoms with van der Waals surface area (Å²) >= 11 is 0. The Morgan fingerprint density at radius 1 is 0.921 bits per heavy atom. The average molecular weight is 593 g/mol. The molecule has 19 heteroatoms. The highest BCUT2D eigenvalue weighted by Crippen LogP contribution is 2.42. The van der Waals surface area contributed by atoms with E-state index in [1.807, 2.05) is 0 Å². The molecule has 0 aliphatic carbocycles. The molecule has 0 aromatic heterocycles. The van der Waals surface area contributed by atoms with Crippen LogP contribution in [0, 0.1) is 0 Å². The zero-order chi connectivity index (χ0) is 29.8. The van der Waals surface area contributed by atoms with Crippen molar-refractivity contribution in [2.24, 2.45) is 0 Å². The van der Waals surface area contributed by atoms with E-state index in [0.717, 1.165) is 0 Å². The Morgan fingerprint density at radius 3 is 1.89 bits per heavy atom. The van der Waals surface area contributed by atoms with Crippen molar-refractivity contribution in [1.82, 2.24) is 0 Å². The van der Waals surface area contributed by atoms with Crippen molar-refractivity contribution in [3.63, 3.8) is 0 Å². The molecule has 0 amide bonds. The number of esters is 2. The second kappa shape index (κ2) is 11.4. The van der Waals surface area contributed by atoms with Crippen LogP contribution in [0.5, 0.6) is 0 Å². The van der Waals surface area contributed by atoms with E-state index in [9.17, 15) is 66.5 Å². The fourth-order valence-corrected chi connectivity index (χ4v) is 2.82. The minimum absolute atomic E-state index is 0.0173. The molecule has 1 rings (SSSR count). The van der Waals surface area contributed by atoms with Gasteiger partial charge in [-0.1, -0.05) is 36.9 Å². The van der Waals surface area contributed by atoms with E-state index >= 15 is 0 Å². The molecule has 0 saturated heterocycles. The molecule has 8 nitrogen and oxygen atoms in total. The lowest BCUT2D eigenvalue weighted by atomic mass is 10.2. The van der Waals surface area contributed by atoms with E-state index < -0.39 is 83.0 Å². The molecule has 0 N–H and O–H groups in total. The third kappa shape index (κ3) is 7.56. The van der Waals surface area contributed by atoms with Crippen molar-refractivity contribution in [3.8, 4) is 0 Å². The molecule has 0 heterocycles. The van der Waals surface area contributed by atoms with Crippen LogP contribution in [0.25, 0.3) is 0 Å². The summed E-state index contributed by atoms with van der Waals surface area (Å²) in [5.41, 5.74) is -2.54. The molecule has 0 aliphatic rings. The molecule has 38 heavy (non-hydrogen) atoms. The maximum atomic E-state index is 13.9. The molecule has 0 fully saturated rings. The molecular weight excluding hydrogens is 578 g/mol. The second-order valence-electron chi connectivity index (χ2n) is 7.17. The largest absolute Gasteiger partial charge is 0.743 e. The van der Waals surface area contributed by atoms with Gasteiger partial charge in [0.15, 0.2) is 10.1 Å². The summed E-state index contributed by atoms with van der Waals surface area (Å²) in [4.78, 5) is 24.0. The van der Waals surface area contributed by atoms with Crippen molar-refractivity contribution in [3.05, 3.63) is 48.0 Å². The number of alkyl halides is 10. The lowest BCUT2D eigenvalue weighted by Gasteiger charge is -2.33. The minimum Gasteiger partial charge on any atom is -0.743 e. The Labute approximate surface area is 206 Å². The van der Waals surface area contributed by atoms with Gasteiger partial charge in [-0.05, 0) is 12.0 Å². The number of rotatable bonds is 12. The van der Waals surface area contributed by atoms with Gasteiger partial charge in [0, 0.05) is 6.42 Å². The van der Waals surface area contributed by atoms with E-state index in [4.69, 9.17) is 0 Å². The Morgan fingerprint density at radius 2 is 1.45 bits per heavy atom. The van der Waals surface area contributed by atoms with Gasteiger partial charge in [-0.3, -0.25) is 0 Å². The SMILES string of the molecule is C=C(C(=O)OC(OCCCC(F)(F)C(F)(F)S(=O)(=O)[O-])(C(=O)OCc1ccccc1)C(F)(F)F)C(F)(F)F. The van der Waals surface area contributed by atoms with Gasteiger partial charge >= 0.3 is 41.3 Å². The Kier molecular flexibility index (Phi) is 9.96. The summed E-state index contributed by atoms with van der Waals surface area (Å²) in [7, 11) is -6.95. The highest BCUT2D eigenvalue weighted by Gasteiger charge is 2.68. The van der Waals surface area contributed by atoms with Crippen LogP contribution in [0.3, 0.4) is 0 Å². The first-order valence-corrected chi connectivity index (χ1v) is 11.0. The molecule has 0 saturated carbocycles. The van der Waals surface area contributed by atoms with Crippen LogP contribution in [0.4, 0.5) is 43.9 Å². The van der Waals surface area contributed by atoms with Crippen LogP contribution in [0.1, 0.15) is 18.4 Å². The quantitative estimate of drug-likeness (QED) is 0.0883. The van der Waals surface area contributed by atoms with Crippen molar-refractivity contribution in [2.75, 3.05) is 6.61 Å². The van der Waals surface area contributed by atoms with Gasteiger partial charge in [-0.25, -0.2) is 18.0 Å². The van der Waals surface area contributed by atoms with Crippen molar-refractivity contribution < 1.29 is 80.7 Å². The fraction of sp³-hybridized carbons (Fsp3) is 0.474. The number of benzene rings is 1. The maximum absolute atomic E-state index is 13.9. The Bertz CT molecular complexity index is 1120. The summed E-state index contributed by atoms with van der Waals surface area (Å²) in [5, 5.41) is -6.22. The second-order valence-corrected chi connectivity index (χ2v) is 8.59. The molecule has 1 aromatic rings. The average Bonchev–Trinajstić information content (AvgIpc) is 2.77. The first kappa shape index (κ1) is 33.1. The number of hydrogen-bond donors (Lipinski definition) is 0. The van der Waals surface area contributed by atoms with Crippen LogP contribution in [-0.4, -0.2) is 60.8 Å². The summed E-state index contributed by atoms with van der Waals surface area (Å²) < 4.78 is 176. The number of carbonyl (C=O) groups excluding carboxylic acids is 2. The van der Waals surface area contributed by atoms with E-state index in [0.29, 0.717) is 0 Å². The smallest absolute Gasteiger partial charge is 0.468 e. The lowest BCUT2D eigenvalue weighted by molar-refractivity contribution is -0.356. The maximum Gasteiger partial charge on any atom is 0.468 e. The molecular formula is C19H15F10O8S-. The highest BCUT2D eigenvalue weighted by molar-refractivity contribution is 7.86. The topological polar surface area (TPSA) is 119 Å². The standard InChI is InChI=1S/C19H16F10O8S/c1-11(17(22,23)24)13(30)37-16(18(25,26)27,14(31)35-10-12-6-3-2-4-7-12)36-9-5-8-15(20,21)19(28,29)38(32,33)34/h2-4,6-7H,1,5,8-10H2,(H,32,33,34)/p-1. The highest BCUT2D eigenvalue weighted by atomic mass is 32.2. The van der Waals surface area contributed by atoms with E-state index in [1.165, 1.54) is 30.3 Å². The third-order valence-corrected chi connectivity index (χ3v) is 5.29. The minimum atomic E-state index is -6.95. The summed E-state index contributed by atoms with van der Waals surface area (Å²) in [5.74, 6) is -16.3. The van der Waals surface area contributed by atoms with Gasteiger partial charge in [0.05, 0.1) is 6.61 Å². The van der Waals surface area contributed by atoms with Gasteiger partial charge in [-0.15, -0.1) is 0 Å². The predicted octanol–water partition coefficient (Wildman–Crippen LogP) is 4.22. The first-order valence-electron chi connectivity index (χ1n) is 9.62. The fourth-order valence-electron chi connectivity index (χ4n) is 2.35. The first-order chi connectivity index (χ1) is 17.0. The van der Waals surface area contributed by atoms with Gasteiger partial charge in [0.1, 0.15) is 12.2 Å². The molecule has 216 valence electrons. The molecule has 0 aliphatic heterocycles. The van der Waals surface area contributed by atoms with Crippen LogP contribution >= 0.6 is 0 Å². The molecule has 1 atom stereocenters. The molecule has 0 bridgehead atoms. The van der Waals surface area contributed by atoms with Gasteiger partial charge in [0.25, 0.3) is 0 Å².